The maximum absolute atomic E-state index is 12.2. The van der Waals surface area contributed by atoms with E-state index in [1.807, 2.05) is 37.3 Å². The largest absolute Gasteiger partial charge is 0.480 e. The third-order valence-electron chi connectivity index (χ3n) is 4.23. The van der Waals surface area contributed by atoms with Crippen molar-refractivity contribution in [2.45, 2.75) is 39.2 Å². The lowest BCUT2D eigenvalue weighted by Gasteiger charge is -2.19. The average Bonchev–Trinajstić information content (AvgIpc) is 3.12. The molecule has 2 unspecified atom stereocenters. The number of nitrogens with one attached hydrogen (secondary N) is 2. The molecule has 1 aromatic heterocycles. The predicted octanol–water partition coefficient (Wildman–Crippen LogP) is 2.94. The SMILES string of the molecule is CCC(C)C(NC(=O)c1csc(NC(=O)CCc2ccccc2)n1)C(=O)O. The number of thiazole rings is 1. The van der Waals surface area contributed by atoms with Crippen LogP contribution < -0.4 is 10.6 Å². The van der Waals surface area contributed by atoms with E-state index in [1.54, 1.807) is 6.92 Å². The van der Waals surface area contributed by atoms with Gasteiger partial charge in [-0.25, -0.2) is 9.78 Å². The Morgan fingerprint density at radius 1 is 1.22 bits per heavy atom. The van der Waals surface area contributed by atoms with Crippen molar-refractivity contribution in [1.29, 1.82) is 0 Å². The topological polar surface area (TPSA) is 108 Å². The molecule has 144 valence electrons. The van der Waals surface area contributed by atoms with Crippen molar-refractivity contribution in [1.82, 2.24) is 10.3 Å². The molecule has 2 amide bonds. The zero-order chi connectivity index (χ0) is 19.8. The molecule has 0 aliphatic rings. The van der Waals surface area contributed by atoms with Crippen LogP contribution in [-0.4, -0.2) is 33.9 Å². The molecule has 2 aromatic rings. The summed E-state index contributed by atoms with van der Waals surface area (Å²) in [7, 11) is 0. The minimum Gasteiger partial charge on any atom is -0.480 e. The van der Waals surface area contributed by atoms with Crippen LogP contribution in [-0.2, 0) is 16.0 Å². The highest BCUT2D eigenvalue weighted by Crippen LogP contribution is 2.17. The Balaban J connectivity index is 1.90. The number of anilines is 1. The van der Waals surface area contributed by atoms with Crippen molar-refractivity contribution in [2.24, 2.45) is 5.92 Å². The molecule has 0 bridgehead atoms. The lowest BCUT2D eigenvalue weighted by Crippen LogP contribution is -2.45. The Bertz CT molecular complexity index is 791. The molecule has 0 aliphatic heterocycles. The van der Waals surface area contributed by atoms with E-state index in [1.165, 1.54) is 5.38 Å². The monoisotopic (exact) mass is 389 g/mol. The van der Waals surface area contributed by atoms with Crippen molar-refractivity contribution in [3.05, 3.63) is 47.0 Å². The van der Waals surface area contributed by atoms with Gasteiger partial charge in [0.2, 0.25) is 5.91 Å². The van der Waals surface area contributed by atoms with E-state index in [2.05, 4.69) is 15.6 Å². The zero-order valence-corrected chi connectivity index (χ0v) is 16.1. The Kier molecular flexibility index (Phi) is 7.48. The number of benzene rings is 1. The van der Waals surface area contributed by atoms with Gasteiger partial charge in [0.05, 0.1) is 0 Å². The molecule has 7 nitrogen and oxygen atoms in total. The van der Waals surface area contributed by atoms with Gasteiger partial charge in [0.25, 0.3) is 5.91 Å². The van der Waals surface area contributed by atoms with Crippen LogP contribution in [0.4, 0.5) is 5.13 Å². The summed E-state index contributed by atoms with van der Waals surface area (Å²) in [6.07, 6.45) is 1.54. The highest BCUT2D eigenvalue weighted by molar-refractivity contribution is 7.14. The van der Waals surface area contributed by atoms with E-state index < -0.39 is 17.9 Å². The van der Waals surface area contributed by atoms with Gasteiger partial charge in [0.1, 0.15) is 11.7 Å². The van der Waals surface area contributed by atoms with Gasteiger partial charge in [-0.05, 0) is 17.9 Å². The Labute approximate surface area is 161 Å². The quantitative estimate of drug-likeness (QED) is 0.611. The minimum absolute atomic E-state index is 0.0907. The first kappa shape index (κ1) is 20.6. The number of rotatable bonds is 9. The van der Waals surface area contributed by atoms with Gasteiger partial charge in [-0.3, -0.25) is 9.59 Å². The van der Waals surface area contributed by atoms with Crippen LogP contribution in [0, 0.1) is 5.92 Å². The summed E-state index contributed by atoms with van der Waals surface area (Å²) in [4.78, 5) is 39.7. The molecule has 1 aromatic carbocycles. The number of hydrogen-bond acceptors (Lipinski definition) is 5. The van der Waals surface area contributed by atoms with Crippen LogP contribution in [0.25, 0.3) is 0 Å². The third kappa shape index (κ3) is 6.18. The fourth-order valence-electron chi connectivity index (χ4n) is 2.42. The number of aryl methyl sites for hydroxylation is 1. The molecular weight excluding hydrogens is 366 g/mol. The van der Waals surface area contributed by atoms with E-state index in [0.29, 0.717) is 24.4 Å². The van der Waals surface area contributed by atoms with Gasteiger partial charge in [0.15, 0.2) is 5.13 Å². The second-order valence-corrected chi connectivity index (χ2v) is 7.10. The Hall–Kier alpha value is -2.74. The Morgan fingerprint density at radius 3 is 2.56 bits per heavy atom. The van der Waals surface area contributed by atoms with Crippen molar-refractivity contribution >= 4 is 34.3 Å². The van der Waals surface area contributed by atoms with Crippen molar-refractivity contribution < 1.29 is 19.5 Å². The first-order valence-corrected chi connectivity index (χ1v) is 9.61. The van der Waals surface area contributed by atoms with Gasteiger partial charge in [-0.2, -0.15) is 0 Å². The number of aromatic nitrogens is 1. The second-order valence-electron chi connectivity index (χ2n) is 6.25. The molecule has 0 radical (unpaired) electrons. The molecule has 2 atom stereocenters. The van der Waals surface area contributed by atoms with E-state index in [-0.39, 0.29) is 17.5 Å². The molecule has 27 heavy (non-hydrogen) atoms. The predicted molar refractivity (Wildman–Crippen MR) is 104 cm³/mol. The maximum atomic E-state index is 12.2. The van der Waals surface area contributed by atoms with Crippen molar-refractivity contribution in [3.8, 4) is 0 Å². The van der Waals surface area contributed by atoms with Gasteiger partial charge >= 0.3 is 5.97 Å². The van der Waals surface area contributed by atoms with Crippen LogP contribution in [0.5, 0.6) is 0 Å². The number of carbonyl (C=O) groups is 3. The zero-order valence-electron chi connectivity index (χ0n) is 15.3. The molecule has 0 saturated heterocycles. The van der Waals surface area contributed by atoms with E-state index in [4.69, 9.17) is 0 Å². The van der Waals surface area contributed by atoms with E-state index in [9.17, 15) is 19.5 Å². The highest BCUT2D eigenvalue weighted by atomic mass is 32.1. The van der Waals surface area contributed by atoms with Crippen LogP contribution in [0.2, 0.25) is 0 Å². The number of carboxylic acid groups (broad SMARTS) is 1. The van der Waals surface area contributed by atoms with Crippen molar-refractivity contribution in [3.63, 3.8) is 0 Å². The normalized spacial score (nSPS) is 12.8. The summed E-state index contributed by atoms with van der Waals surface area (Å²) >= 11 is 1.13. The lowest BCUT2D eigenvalue weighted by molar-refractivity contribution is -0.140. The van der Waals surface area contributed by atoms with Crippen LogP contribution in [0.3, 0.4) is 0 Å². The first-order chi connectivity index (χ1) is 12.9. The van der Waals surface area contributed by atoms with Gasteiger partial charge < -0.3 is 15.7 Å². The second kappa shape index (κ2) is 9.82. The average molecular weight is 389 g/mol. The van der Waals surface area contributed by atoms with E-state index >= 15 is 0 Å². The lowest BCUT2D eigenvalue weighted by atomic mass is 9.99. The third-order valence-corrected chi connectivity index (χ3v) is 4.99. The summed E-state index contributed by atoms with van der Waals surface area (Å²) < 4.78 is 0. The van der Waals surface area contributed by atoms with Crippen LogP contribution in [0.1, 0.15) is 42.7 Å². The number of carbonyl (C=O) groups excluding carboxylic acids is 2. The van der Waals surface area contributed by atoms with Gasteiger partial charge in [0, 0.05) is 11.8 Å². The first-order valence-electron chi connectivity index (χ1n) is 8.73. The smallest absolute Gasteiger partial charge is 0.326 e. The number of nitrogens with zero attached hydrogens (tertiary/aromatic N) is 1. The summed E-state index contributed by atoms with van der Waals surface area (Å²) in [6, 6.07) is 8.69. The summed E-state index contributed by atoms with van der Waals surface area (Å²) in [6.45, 7) is 3.62. The molecule has 2 rings (SSSR count). The molecule has 0 spiro atoms. The molecule has 0 saturated carbocycles. The maximum Gasteiger partial charge on any atom is 0.326 e. The van der Waals surface area contributed by atoms with Crippen LogP contribution >= 0.6 is 11.3 Å². The highest BCUT2D eigenvalue weighted by Gasteiger charge is 2.26. The van der Waals surface area contributed by atoms with Crippen LogP contribution in [0.15, 0.2) is 35.7 Å². The van der Waals surface area contributed by atoms with Crippen molar-refractivity contribution in [2.75, 3.05) is 5.32 Å². The van der Waals surface area contributed by atoms with E-state index in [0.717, 1.165) is 16.9 Å². The molecule has 8 heteroatoms. The summed E-state index contributed by atoms with van der Waals surface area (Å²) in [5.41, 5.74) is 1.16. The fraction of sp³-hybridized carbons (Fsp3) is 0.368. The molecule has 0 fully saturated rings. The molecule has 3 N–H and O–H groups in total. The fourth-order valence-corrected chi connectivity index (χ4v) is 3.12. The standard InChI is InChI=1S/C19H23N3O4S/c1-3-12(2)16(18(25)26)22-17(24)14-11-27-19(20-14)21-15(23)10-9-13-7-5-4-6-8-13/h4-8,11-12,16H,3,9-10H2,1-2H3,(H,22,24)(H,25,26)(H,20,21,23). The molecular formula is C19H23N3O4S. The summed E-state index contributed by atoms with van der Waals surface area (Å²) in [5.74, 6) is -2.04. The Morgan fingerprint density at radius 2 is 1.93 bits per heavy atom. The molecule has 0 aliphatic carbocycles. The van der Waals surface area contributed by atoms with Gasteiger partial charge in [-0.15, -0.1) is 11.3 Å². The number of carboxylic acids is 1. The number of hydrogen-bond donors (Lipinski definition) is 3. The van der Waals surface area contributed by atoms with Gasteiger partial charge in [-0.1, -0.05) is 50.6 Å². The minimum atomic E-state index is -1.08. The number of amides is 2. The summed E-state index contributed by atoms with van der Waals surface area (Å²) in [5, 5.41) is 16.2. The molecule has 1 heterocycles. The number of aliphatic carboxylic acids is 1.